The summed E-state index contributed by atoms with van der Waals surface area (Å²) >= 11 is 0. The Hall–Kier alpha value is -0.610. The van der Waals surface area contributed by atoms with E-state index >= 15 is 0 Å². The molecule has 2 N–H and O–H groups in total. The third kappa shape index (κ3) is 2.95. The SMILES string of the molecule is CC(C(=O)NCCN(C)C1CC1)C1CNC1. The zero-order valence-corrected chi connectivity index (χ0v) is 10.3. The lowest BCUT2D eigenvalue weighted by Gasteiger charge is -2.31. The van der Waals surface area contributed by atoms with Gasteiger partial charge in [-0.2, -0.15) is 0 Å². The van der Waals surface area contributed by atoms with Crippen LogP contribution < -0.4 is 10.6 Å². The van der Waals surface area contributed by atoms with E-state index < -0.39 is 0 Å². The quantitative estimate of drug-likeness (QED) is 0.671. The van der Waals surface area contributed by atoms with Gasteiger partial charge < -0.3 is 15.5 Å². The van der Waals surface area contributed by atoms with E-state index in [1.807, 2.05) is 6.92 Å². The van der Waals surface area contributed by atoms with Crippen LogP contribution in [-0.2, 0) is 4.79 Å². The predicted octanol–water partition coefficient (Wildman–Crippen LogP) is 0.0523. The Morgan fingerprint density at radius 1 is 1.50 bits per heavy atom. The van der Waals surface area contributed by atoms with E-state index in [4.69, 9.17) is 0 Å². The number of hydrogen-bond acceptors (Lipinski definition) is 3. The lowest BCUT2D eigenvalue weighted by molar-refractivity contribution is -0.126. The van der Waals surface area contributed by atoms with Crippen LogP contribution in [0.5, 0.6) is 0 Å². The minimum Gasteiger partial charge on any atom is -0.355 e. The second-order valence-corrected chi connectivity index (χ2v) is 5.21. The van der Waals surface area contributed by atoms with Gasteiger partial charge in [0.1, 0.15) is 0 Å². The molecule has 2 aliphatic rings. The molecule has 4 heteroatoms. The minimum absolute atomic E-state index is 0.160. The van der Waals surface area contributed by atoms with Gasteiger partial charge in [0.05, 0.1) is 0 Å². The first-order valence-electron chi connectivity index (χ1n) is 6.37. The standard InChI is InChI=1S/C12H23N3O/c1-9(10-7-13-8-10)12(16)14-5-6-15(2)11-3-4-11/h9-11,13H,3-8H2,1-2H3,(H,14,16). The number of rotatable bonds is 6. The maximum Gasteiger partial charge on any atom is 0.223 e. The molecule has 0 aromatic carbocycles. The van der Waals surface area contributed by atoms with E-state index in [2.05, 4.69) is 22.6 Å². The smallest absolute Gasteiger partial charge is 0.223 e. The van der Waals surface area contributed by atoms with E-state index in [0.29, 0.717) is 5.92 Å². The highest BCUT2D eigenvalue weighted by molar-refractivity contribution is 5.78. The van der Waals surface area contributed by atoms with Gasteiger partial charge in [-0.25, -0.2) is 0 Å². The van der Waals surface area contributed by atoms with Crippen molar-refractivity contribution in [2.75, 3.05) is 33.2 Å². The van der Waals surface area contributed by atoms with Gasteiger partial charge >= 0.3 is 0 Å². The van der Waals surface area contributed by atoms with Crippen LogP contribution in [0, 0.1) is 11.8 Å². The highest BCUT2D eigenvalue weighted by Gasteiger charge is 2.29. The summed E-state index contributed by atoms with van der Waals surface area (Å²) in [5.74, 6) is 0.921. The molecule has 0 bridgehead atoms. The first kappa shape index (κ1) is 11.9. The van der Waals surface area contributed by atoms with Gasteiger partial charge in [-0.15, -0.1) is 0 Å². The topological polar surface area (TPSA) is 44.4 Å². The maximum absolute atomic E-state index is 11.8. The van der Waals surface area contributed by atoms with Gasteiger partial charge in [-0.1, -0.05) is 6.92 Å². The Kier molecular flexibility index (Phi) is 3.82. The van der Waals surface area contributed by atoms with Gasteiger partial charge in [0.15, 0.2) is 0 Å². The summed E-state index contributed by atoms with van der Waals surface area (Å²) in [6, 6.07) is 0.783. The molecule has 1 amide bonds. The molecule has 2 rings (SSSR count). The molecule has 1 heterocycles. The third-order valence-electron chi connectivity index (χ3n) is 3.87. The molecule has 1 atom stereocenters. The summed E-state index contributed by atoms with van der Waals surface area (Å²) in [6.07, 6.45) is 2.66. The summed E-state index contributed by atoms with van der Waals surface area (Å²) < 4.78 is 0. The largest absolute Gasteiger partial charge is 0.355 e. The van der Waals surface area contributed by atoms with Crippen molar-refractivity contribution in [3.05, 3.63) is 0 Å². The van der Waals surface area contributed by atoms with Gasteiger partial charge in [0.2, 0.25) is 5.91 Å². The third-order valence-corrected chi connectivity index (χ3v) is 3.87. The summed E-state index contributed by atoms with van der Waals surface area (Å²) in [6.45, 7) is 5.79. The molecule has 1 saturated carbocycles. The lowest BCUT2D eigenvalue weighted by Crippen LogP contribution is -2.50. The van der Waals surface area contributed by atoms with Crippen molar-refractivity contribution in [1.29, 1.82) is 0 Å². The van der Waals surface area contributed by atoms with Crippen molar-refractivity contribution >= 4 is 5.91 Å². The van der Waals surface area contributed by atoms with Crippen LogP contribution in [0.4, 0.5) is 0 Å². The molecule has 0 spiro atoms. The monoisotopic (exact) mass is 225 g/mol. The Morgan fingerprint density at radius 2 is 2.19 bits per heavy atom. The van der Waals surface area contributed by atoms with Crippen molar-refractivity contribution in [1.82, 2.24) is 15.5 Å². The van der Waals surface area contributed by atoms with Crippen molar-refractivity contribution in [3.8, 4) is 0 Å². The number of hydrogen-bond donors (Lipinski definition) is 2. The van der Waals surface area contributed by atoms with Crippen LogP contribution in [0.1, 0.15) is 19.8 Å². The van der Waals surface area contributed by atoms with Gasteiger partial charge in [0, 0.05) is 25.0 Å². The van der Waals surface area contributed by atoms with E-state index in [9.17, 15) is 4.79 Å². The number of nitrogens with zero attached hydrogens (tertiary/aromatic N) is 1. The Labute approximate surface area is 97.8 Å². The Morgan fingerprint density at radius 3 is 2.69 bits per heavy atom. The zero-order chi connectivity index (χ0) is 11.5. The van der Waals surface area contributed by atoms with E-state index in [1.165, 1.54) is 12.8 Å². The minimum atomic E-state index is 0.160. The molecule has 1 saturated heterocycles. The highest BCUT2D eigenvalue weighted by Crippen LogP contribution is 2.24. The number of nitrogens with one attached hydrogen (secondary N) is 2. The summed E-state index contributed by atoms with van der Waals surface area (Å²) in [5, 5.41) is 6.24. The molecule has 1 aliphatic heterocycles. The second kappa shape index (κ2) is 5.15. The molecule has 16 heavy (non-hydrogen) atoms. The van der Waals surface area contributed by atoms with Crippen LogP contribution in [0.3, 0.4) is 0 Å². The van der Waals surface area contributed by atoms with Gasteiger partial charge in [-0.3, -0.25) is 4.79 Å². The van der Waals surface area contributed by atoms with Crippen molar-refractivity contribution in [3.63, 3.8) is 0 Å². The summed E-state index contributed by atoms with van der Waals surface area (Å²) in [5.41, 5.74) is 0. The maximum atomic E-state index is 11.8. The molecule has 0 radical (unpaired) electrons. The van der Waals surface area contributed by atoms with Crippen molar-refractivity contribution < 1.29 is 4.79 Å². The first-order valence-corrected chi connectivity index (χ1v) is 6.37. The average Bonchev–Trinajstić information content (AvgIpc) is 2.97. The molecular formula is C12H23N3O. The van der Waals surface area contributed by atoms with Crippen LogP contribution in [0.15, 0.2) is 0 Å². The highest BCUT2D eigenvalue weighted by atomic mass is 16.1. The van der Waals surface area contributed by atoms with Gasteiger partial charge in [0.25, 0.3) is 0 Å². The number of carbonyl (C=O) groups excluding carboxylic acids is 1. The van der Waals surface area contributed by atoms with Gasteiger partial charge in [-0.05, 0) is 38.9 Å². The number of carbonyl (C=O) groups is 1. The van der Waals surface area contributed by atoms with Crippen LogP contribution in [-0.4, -0.2) is 50.1 Å². The summed E-state index contributed by atoms with van der Waals surface area (Å²) in [7, 11) is 2.14. The molecule has 0 aromatic heterocycles. The van der Waals surface area contributed by atoms with Crippen LogP contribution in [0.2, 0.25) is 0 Å². The zero-order valence-electron chi connectivity index (χ0n) is 10.3. The molecule has 4 nitrogen and oxygen atoms in total. The first-order chi connectivity index (χ1) is 7.68. The molecule has 1 aliphatic carbocycles. The number of likely N-dealkylation sites (N-methyl/N-ethyl adjacent to an activating group) is 1. The molecule has 0 aromatic rings. The van der Waals surface area contributed by atoms with E-state index in [-0.39, 0.29) is 11.8 Å². The number of amides is 1. The fraction of sp³-hybridized carbons (Fsp3) is 0.917. The fourth-order valence-electron chi connectivity index (χ4n) is 2.09. The normalized spacial score (nSPS) is 22.9. The van der Waals surface area contributed by atoms with Crippen molar-refractivity contribution in [2.45, 2.75) is 25.8 Å². The molecule has 92 valence electrons. The molecular weight excluding hydrogens is 202 g/mol. The lowest BCUT2D eigenvalue weighted by atomic mass is 9.88. The van der Waals surface area contributed by atoms with Crippen LogP contribution in [0.25, 0.3) is 0 Å². The predicted molar refractivity (Wildman–Crippen MR) is 64.2 cm³/mol. The van der Waals surface area contributed by atoms with Crippen molar-refractivity contribution in [2.24, 2.45) is 11.8 Å². The summed E-state index contributed by atoms with van der Waals surface area (Å²) in [4.78, 5) is 14.1. The van der Waals surface area contributed by atoms with E-state index in [0.717, 1.165) is 32.2 Å². The van der Waals surface area contributed by atoms with E-state index in [1.54, 1.807) is 0 Å². The molecule has 2 fully saturated rings. The Balaban J connectivity index is 1.59. The molecule has 1 unspecified atom stereocenters. The average molecular weight is 225 g/mol. The fourth-order valence-corrected chi connectivity index (χ4v) is 2.09. The second-order valence-electron chi connectivity index (χ2n) is 5.21. The van der Waals surface area contributed by atoms with Crippen LogP contribution >= 0.6 is 0 Å². The Bertz CT molecular complexity index is 249.